The molecule has 1 aromatic heterocycles. The third-order valence-electron chi connectivity index (χ3n) is 3.56. The van der Waals surface area contributed by atoms with E-state index in [9.17, 15) is 0 Å². The van der Waals surface area contributed by atoms with Gasteiger partial charge < -0.3 is 15.4 Å². The molecular formula is C14H20N6O. The number of tetrazole rings is 1. The van der Waals surface area contributed by atoms with Gasteiger partial charge in [0.05, 0.1) is 7.05 Å². The summed E-state index contributed by atoms with van der Waals surface area (Å²) in [6.07, 6.45) is 2.24. The molecule has 0 spiro atoms. The number of anilines is 1. The molecule has 21 heavy (non-hydrogen) atoms. The topological polar surface area (TPSA) is 82.1 Å². The van der Waals surface area contributed by atoms with Crippen LogP contribution in [0.3, 0.4) is 0 Å². The van der Waals surface area contributed by atoms with Crippen LogP contribution in [0.5, 0.6) is 5.75 Å². The number of aryl methyl sites for hydroxylation is 1. The second-order valence-electron chi connectivity index (χ2n) is 5.33. The summed E-state index contributed by atoms with van der Waals surface area (Å²) in [6, 6.07) is 8.31. The highest BCUT2D eigenvalue weighted by Crippen LogP contribution is 2.24. The van der Waals surface area contributed by atoms with Crippen molar-refractivity contribution in [3.8, 4) is 5.75 Å². The van der Waals surface area contributed by atoms with Gasteiger partial charge in [-0.25, -0.2) is 0 Å². The SMILES string of the molecule is Cn1nnc(COc2cccc(N3CCCC(N)C3)c2)n1. The van der Waals surface area contributed by atoms with Gasteiger partial charge in [-0.15, -0.1) is 10.2 Å². The van der Waals surface area contributed by atoms with Crippen LogP contribution in [0.15, 0.2) is 24.3 Å². The van der Waals surface area contributed by atoms with Gasteiger partial charge in [-0.1, -0.05) is 6.07 Å². The molecule has 1 unspecified atom stereocenters. The molecule has 112 valence electrons. The summed E-state index contributed by atoms with van der Waals surface area (Å²) in [5.41, 5.74) is 7.19. The van der Waals surface area contributed by atoms with Gasteiger partial charge >= 0.3 is 0 Å². The number of ether oxygens (including phenoxy) is 1. The smallest absolute Gasteiger partial charge is 0.212 e. The highest BCUT2D eigenvalue weighted by molar-refractivity contribution is 5.51. The van der Waals surface area contributed by atoms with Crippen LogP contribution in [0, 0.1) is 0 Å². The summed E-state index contributed by atoms with van der Waals surface area (Å²) in [5.74, 6) is 1.38. The zero-order valence-electron chi connectivity index (χ0n) is 12.1. The van der Waals surface area contributed by atoms with Gasteiger partial charge in [-0.2, -0.15) is 4.80 Å². The lowest BCUT2D eigenvalue weighted by Crippen LogP contribution is -2.42. The van der Waals surface area contributed by atoms with E-state index in [0.29, 0.717) is 12.4 Å². The minimum absolute atomic E-state index is 0.257. The largest absolute Gasteiger partial charge is 0.485 e. The Morgan fingerprint density at radius 2 is 2.33 bits per heavy atom. The second kappa shape index (κ2) is 6.09. The number of nitrogens with zero attached hydrogens (tertiary/aromatic N) is 5. The highest BCUT2D eigenvalue weighted by Gasteiger charge is 2.17. The first-order valence-electron chi connectivity index (χ1n) is 7.17. The first kappa shape index (κ1) is 13.8. The normalized spacial score (nSPS) is 18.8. The molecule has 0 saturated carbocycles. The predicted octanol–water partition coefficient (Wildman–Crippen LogP) is 0.717. The summed E-state index contributed by atoms with van der Waals surface area (Å²) < 4.78 is 5.73. The van der Waals surface area contributed by atoms with Crippen LogP contribution < -0.4 is 15.4 Å². The first-order valence-corrected chi connectivity index (χ1v) is 7.17. The Morgan fingerprint density at radius 3 is 3.10 bits per heavy atom. The number of hydrogen-bond donors (Lipinski definition) is 1. The van der Waals surface area contributed by atoms with Crippen molar-refractivity contribution in [2.75, 3.05) is 18.0 Å². The van der Waals surface area contributed by atoms with E-state index in [1.54, 1.807) is 7.05 Å². The molecule has 1 aromatic carbocycles. The molecule has 7 nitrogen and oxygen atoms in total. The van der Waals surface area contributed by atoms with Crippen LogP contribution in [-0.4, -0.2) is 39.3 Å². The van der Waals surface area contributed by atoms with Gasteiger partial charge in [0.15, 0.2) is 6.61 Å². The number of piperidine rings is 1. The van der Waals surface area contributed by atoms with Gasteiger partial charge in [0.25, 0.3) is 0 Å². The number of hydrogen-bond acceptors (Lipinski definition) is 6. The van der Waals surface area contributed by atoms with E-state index in [4.69, 9.17) is 10.5 Å². The maximum absolute atomic E-state index is 6.04. The van der Waals surface area contributed by atoms with Crippen LogP contribution in [-0.2, 0) is 13.7 Å². The molecule has 1 aliphatic rings. The number of benzene rings is 1. The Labute approximate surface area is 123 Å². The van der Waals surface area contributed by atoms with Gasteiger partial charge in [0.1, 0.15) is 5.75 Å². The van der Waals surface area contributed by atoms with Gasteiger partial charge in [-0.3, -0.25) is 0 Å². The van der Waals surface area contributed by atoms with E-state index in [1.165, 1.54) is 4.80 Å². The van der Waals surface area contributed by atoms with E-state index < -0.39 is 0 Å². The average Bonchev–Trinajstić information content (AvgIpc) is 2.91. The zero-order valence-corrected chi connectivity index (χ0v) is 12.1. The predicted molar refractivity (Wildman–Crippen MR) is 79.0 cm³/mol. The highest BCUT2D eigenvalue weighted by atomic mass is 16.5. The molecule has 0 radical (unpaired) electrons. The molecule has 0 amide bonds. The van der Waals surface area contributed by atoms with Crippen LogP contribution in [0.4, 0.5) is 5.69 Å². The van der Waals surface area contributed by atoms with Crippen molar-refractivity contribution in [1.29, 1.82) is 0 Å². The van der Waals surface area contributed by atoms with Crippen molar-refractivity contribution in [1.82, 2.24) is 20.2 Å². The second-order valence-corrected chi connectivity index (χ2v) is 5.33. The van der Waals surface area contributed by atoms with Crippen LogP contribution in [0.25, 0.3) is 0 Å². The van der Waals surface area contributed by atoms with Crippen molar-refractivity contribution in [3.63, 3.8) is 0 Å². The molecular weight excluding hydrogens is 268 g/mol. The summed E-state index contributed by atoms with van der Waals surface area (Å²) in [4.78, 5) is 3.73. The van der Waals surface area contributed by atoms with Crippen molar-refractivity contribution >= 4 is 5.69 Å². The lowest BCUT2D eigenvalue weighted by atomic mass is 10.1. The standard InChI is InChI=1S/C14H20N6O/c1-19-17-14(16-18-19)10-21-13-6-2-5-12(8-13)20-7-3-4-11(15)9-20/h2,5-6,8,11H,3-4,7,9-10,15H2,1H3. The van der Waals surface area contributed by atoms with Crippen LogP contribution in [0.1, 0.15) is 18.7 Å². The maximum Gasteiger partial charge on any atom is 0.212 e. The van der Waals surface area contributed by atoms with Crippen molar-refractivity contribution in [3.05, 3.63) is 30.1 Å². The van der Waals surface area contributed by atoms with Gasteiger partial charge in [-0.05, 0) is 30.2 Å². The molecule has 1 saturated heterocycles. The fourth-order valence-electron chi connectivity index (χ4n) is 2.54. The Balaban J connectivity index is 1.65. The lowest BCUT2D eigenvalue weighted by molar-refractivity contribution is 0.295. The molecule has 2 aromatic rings. The Hall–Kier alpha value is -2.15. The molecule has 0 bridgehead atoms. The Bertz CT molecular complexity index is 599. The summed E-state index contributed by atoms with van der Waals surface area (Å²) >= 11 is 0. The Morgan fingerprint density at radius 1 is 1.43 bits per heavy atom. The van der Waals surface area contributed by atoms with Crippen LogP contribution >= 0.6 is 0 Å². The summed E-state index contributed by atoms with van der Waals surface area (Å²) in [5, 5.41) is 11.8. The van der Waals surface area contributed by atoms with E-state index in [0.717, 1.165) is 37.4 Å². The van der Waals surface area contributed by atoms with E-state index in [1.807, 2.05) is 18.2 Å². The zero-order chi connectivity index (χ0) is 14.7. The summed E-state index contributed by atoms with van der Waals surface area (Å²) in [6.45, 7) is 2.26. The van der Waals surface area contributed by atoms with Crippen molar-refractivity contribution in [2.24, 2.45) is 12.8 Å². The van der Waals surface area contributed by atoms with E-state index in [2.05, 4.69) is 26.4 Å². The van der Waals surface area contributed by atoms with E-state index in [-0.39, 0.29) is 6.04 Å². The average molecular weight is 288 g/mol. The van der Waals surface area contributed by atoms with Crippen molar-refractivity contribution < 1.29 is 4.74 Å². The fraction of sp³-hybridized carbons (Fsp3) is 0.500. The molecule has 2 N–H and O–H groups in total. The number of rotatable bonds is 4. The molecule has 0 aliphatic carbocycles. The maximum atomic E-state index is 6.04. The lowest BCUT2D eigenvalue weighted by Gasteiger charge is -2.32. The molecule has 3 rings (SSSR count). The third kappa shape index (κ3) is 3.49. The van der Waals surface area contributed by atoms with Crippen LogP contribution in [0.2, 0.25) is 0 Å². The first-order chi connectivity index (χ1) is 10.2. The number of aromatic nitrogens is 4. The Kier molecular flexibility index (Phi) is 4.01. The minimum atomic E-state index is 0.257. The number of nitrogens with two attached hydrogens (primary N) is 1. The monoisotopic (exact) mass is 288 g/mol. The molecule has 1 fully saturated rings. The third-order valence-corrected chi connectivity index (χ3v) is 3.56. The molecule has 1 aliphatic heterocycles. The van der Waals surface area contributed by atoms with Gasteiger partial charge in [0, 0.05) is 30.9 Å². The fourth-order valence-corrected chi connectivity index (χ4v) is 2.54. The quantitative estimate of drug-likeness (QED) is 0.892. The summed E-state index contributed by atoms with van der Waals surface area (Å²) in [7, 11) is 1.73. The molecule has 1 atom stereocenters. The van der Waals surface area contributed by atoms with Gasteiger partial charge in [0.2, 0.25) is 5.82 Å². The minimum Gasteiger partial charge on any atom is -0.485 e. The molecule has 7 heteroatoms. The van der Waals surface area contributed by atoms with Crippen molar-refractivity contribution in [2.45, 2.75) is 25.5 Å². The molecule has 2 heterocycles. The van der Waals surface area contributed by atoms with E-state index >= 15 is 0 Å².